The minimum Gasteiger partial charge on any atom is -0.263 e. The van der Waals surface area contributed by atoms with Crippen molar-refractivity contribution in [3.8, 4) is 6.07 Å². The molecule has 0 atom stereocenters. The normalized spacial score (nSPS) is 51.4. The van der Waals surface area contributed by atoms with E-state index in [-0.39, 0.29) is 16.8 Å². The first kappa shape index (κ1) is 9.14. The molecule has 0 aromatic heterocycles. The summed E-state index contributed by atoms with van der Waals surface area (Å²) in [4.78, 5) is 10.9. The average molecular weight is 206 g/mol. The van der Waals surface area contributed by atoms with Crippen molar-refractivity contribution < 1.29 is 4.92 Å². The maximum absolute atomic E-state index is 11.2. The van der Waals surface area contributed by atoms with Crippen molar-refractivity contribution in [1.82, 2.24) is 0 Å². The summed E-state index contributed by atoms with van der Waals surface area (Å²) in [5.74, 6) is 1.42. The first-order valence-corrected chi connectivity index (χ1v) is 5.72. The molecule has 4 heteroatoms. The van der Waals surface area contributed by atoms with Gasteiger partial charge in [-0.25, -0.2) is 0 Å². The largest absolute Gasteiger partial charge is 0.310 e. The molecule has 0 saturated heterocycles. The van der Waals surface area contributed by atoms with Crippen LogP contribution in [0, 0.1) is 45.1 Å². The van der Waals surface area contributed by atoms with Gasteiger partial charge in [0, 0.05) is 16.8 Å². The Hall–Kier alpha value is -1.11. The highest BCUT2D eigenvalue weighted by Crippen LogP contribution is 2.59. The fourth-order valence-electron chi connectivity index (χ4n) is 4.42. The highest BCUT2D eigenvalue weighted by Gasteiger charge is 2.65. The molecule has 80 valence electrons. The molecule has 0 spiro atoms. The van der Waals surface area contributed by atoms with E-state index in [9.17, 15) is 15.4 Å². The molecule has 4 aliphatic carbocycles. The molecular weight excluding hydrogens is 192 g/mol. The topological polar surface area (TPSA) is 66.9 Å². The maximum Gasteiger partial charge on any atom is 0.310 e. The number of hydrogen-bond donors (Lipinski definition) is 0. The minimum absolute atomic E-state index is 0.0359. The van der Waals surface area contributed by atoms with Gasteiger partial charge in [0.15, 0.2) is 0 Å². The van der Waals surface area contributed by atoms with E-state index in [0.717, 1.165) is 25.7 Å². The predicted octanol–water partition coefficient (Wildman–Crippen LogP) is 1.98. The van der Waals surface area contributed by atoms with E-state index in [1.54, 1.807) is 0 Å². The second-order valence-corrected chi connectivity index (χ2v) is 5.50. The van der Waals surface area contributed by atoms with Crippen molar-refractivity contribution in [3.63, 3.8) is 0 Å². The molecule has 4 bridgehead atoms. The van der Waals surface area contributed by atoms with Crippen LogP contribution in [0.4, 0.5) is 0 Å². The Morgan fingerprint density at radius 1 is 1.13 bits per heavy atom. The molecule has 0 heterocycles. The van der Waals surface area contributed by atoms with Gasteiger partial charge in [0.1, 0.15) is 6.07 Å². The summed E-state index contributed by atoms with van der Waals surface area (Å²) in [6, 6.07) is 2.06. The van der Waals surface area contributed by atoms with Crippen LogP contribution in [0.15, 0.2) is 0 Å². The van der Waals surface area contributed by atoms with Crippen molar-refractivity contribution in [2.45, 2.75) is 37.6 Å². The van der Waals surface area contributed by atoms with Crippen LogP contribution in [0.2, 0.25) is 0 Å². The summed E-state index contributed by atoms with van der Waals surface area (Å²) in [7, 11) is 0. The first-order chi connectivity index (χ1) is 7.16. The molecule has 4 rings (SSSR count). The first-order valence-electron chi connectivity index (χ1n) is 5.72. The summed E-state index contributed by atoms with van der Waals surface area (Å²) in [5.41, 5.74) is -1.23. The number of nitrogens with zero attached hydrogens (tertiary/aromatic N) is 2. The fraction of sp³-hybridized carbons (Fsp3) is 0.909. The molecule has 0 radical (unpaired) electrons. The van der Waals surface area contributed by atoms with Crippen molar-refractivity contribution in [2.75, 3.05) is 0 Å². The van der Waals surface area contributed by atoms with Crippen LogP contribution in [-0.4, -0.2) is 10.5 Å². The SMILES string of the molecule is N#CC1([N+](=O)[O-])C2CC3CC(C2)CC1C3. The Morgan fingerprint density at radius 3 is 1.93 bits per heavy atom. The van der Waals surface area contributed by atoms with E-state index in [1.165, 1.54) is 6.42 Å². The molecule has 4 nitrogen and oxygen atoms in total. The summed E-state index contributed by atoms with van der Waals surface area (Å²) in [5, 5.41) is 20.5. The maximum atomic E-state index is 11.2. The van der Waals surface area contributed by atoms with E-state index in [4.69, 9.17) is 0 Å². The summed E-state index contributed by atoms with van der Waals surface area (Å²) < 4.78 is 0. The fourth-order valence-corrected chi connectivity index (χ4v) is 4.42. The Bertz CT molecular complexity index is 330. The zero-order valence-corrected chi connectivity index (χ0v) is 8.56. The lowest BCUT2D eigenvalue weighted by atomic mass is 9.49. The van der Waals surface area contributed by atoms with Crippen molar-refractivity contribution in [3.05, 3.63) is 10.1 Å². The highest BCUT2D eigenvalue weighted by atomic mass is 16.6. The average Bonchev–Trinajstić information content (AvgIpc) is 2.16. The zero-order chi connectivity index (χ0) is 10.6. The van der Waals surface area contributed by atoms with Gasteiger partial charge in [-0.1, -0.05) is 0 Å². The minimum atomic E-state index is -1.23. The predicted molar refractivity (Wildman–Crippen MR) is 52.4 cm³/mol. The Labute approximate surface area is 88.4 Å². The van der Waals surface area contributed by atoms with Crippen LogP contribution < -0.4 is 0 Å². The van der Waals surface area contributed by atoms with E-state index >= 15 is 0 Å². The van der Waals surface area contributed by atoms with E-state index < -0.39 is 5.54 Å². The molecule has 4 saturated carbocycles. The smallest absolute Gasteiger partial charge is 0.263 e. The molecule has 0 amide bonds. The molecule has 15 heavy (non-hydrogen) atoms. The van der Waals surface area contributed by atoms with Crippen LogP contribution in [0.1, 0.15) is 32.1 Å². The third-order valence-corrected chi connectivity index (χ3v) is 4.86. The van der Waals surface area contributed by atoms with Gasteiger partial charge in [0.2, 0.25) is 0 Å². The summed E-state index contributed by atoms with van der Waals surface area (Å²) in [6.45, 7) is 0. The van der Waals surface area contributed by atoms with E-state index in [0.29, 0.717) is 11.8 Å². The second kappa shape index (κ2) is 2.72. The standard InChI is InChI=1S/C11H14N2O2/c12-6-11(13(14)15)9-2-7-1-8(4-9)5-10(11)3-7/h7-10H,1-5H2. The van der Waals surface area contributed by atoms with Crippen LogP contribution in [0.25, 0.3) is 0 Å². The second-order valence-electron chi connectivity index (χ2n) is 5.50. The third-order valence-electron chi connectivity index (χ3n) is 4.86. The molecule has 0 N–H and O–H groups in total. The van der Waals surface area contributed by atoms with Gasteiger partial charge in [0.25, 0.3) is 0 Å². The van der Waals surface area contributed by atoms with Crippen LogP contribution in [0.5, 0.6) is 0 Å². The monoisotopic (exact) mass is 206 g/mol. The molecule has 0 aromatic rings. The Morgan fingerprint density at radius 2 is 1.60 bits per heavy atom. The number of nitriles is 1. The van der Waals surface area contributed by atoms with Crippen molar-refractivity contribution in [2.24, 2.45) is 23.7 Å². The van der Waals surface area contributed by atoms with Gasteiger partial charge >= 0.3 is 5.54 Å². The molecule has 0 aliphatic heterocycles. The van der Waals surface area contributed by atoms with Crippen LogP contribution in [-0.2, 0) is 0 Å². The molecule has 0 unspecified atom stereocenters. The zero-order valence-electron chi connectivity index (χ0n) is 8.56. The van der Waals surface area contributed by atoms with Gasteiger partial charge in [-0.3, -0.25) is 10.1 Å². The van der Waals surface area contributed by atoms with Crippen LogP contribution in [0.3, 0.4) is 0 Å². The number of hydrogen-bond acceptors (Lipinski definition) is 3. The van der Waals surface area contributed by atoms with Gasteiger partial charge < -0.3 is 0 Å². The van der Waals surface area contributed by atoms with Crippen LogP contribution >= 0.6 is 0 Å². The quantitative estimate of drug-likeness (QED) is 0.486. The molecule has 4 aliphatic rings. The van der Waals surface area contributed by atoms with Gasteiger partial charge in [-0.05, 0) is 43.9 Å². The molecular formula is C11H14N2O2. The lowest BCUT2D eigenvalue weighted by molar-refractivity contribution is -0.584. The van der Waals surface area contributed by atoms with Gasteiger partial charge in [-0.15, -0.1) is 0 Å². The molecule has 4 fully saturated rings. The van der Waals surface area contributed by atoms with Crippen molar-refractivity contribution >= 4 is 0 Å². The lowest BCUT2D eigenvalue weighted by Gasteiger charge is -2.53. The van der Waals surface area contributed by atoms with Crippen molar-refractivity contribution in [1.29, 1.82) is 5.26 Å². The van der Waals surface area contributed by atoms with E-state index in [2.05, 4.69) is 6.07 Å². The number of rotatable bonds is 1. The third kappa shape index (κ3) is 0.961. The Balaban J connectivity index is 2.04. The van der Waals surface area contributed by atoms with Gasteiger partial charge in [0.05, 0.1) is 0 Å². The summed E-state index contributed by atoms with van der Waals surface area (Å²) in [6.07, 6.45) is 4.93. The lowest BCUT2D eigenvalue weighted by Crippen LogP contribution is -2.60. The van der Waals surface area contributed by atoms with Gasteiger partial charge in [-0.2, -0.15) is 5.26 Å². The number of nitro groups is 1. The Kier molecular flexibility index (Phi) is 1.66. The summed E-state index contributed by atoms with van der Waals surface area (Å²) >= 11 is 0. The molecule has 0 aromatic carbocycles. The highest BCUT2D eigenvalue weighted by molar-refractivity contribution is 5.17. The van der Waals surface area contributed by atoms with E-state index in [1.807, 2.05) is 0 Å².